The minimum atomic E-state index is -0.157. The molecule has 3 rings (SSSR count). The second kappa shape index (κ2) is 7.39. The van der Waals surface area contributed by atoms with Gasteiger partial charge in [0.25, 0.3) is 5.91 Å². The zero-order valence-corrected chi connectivity index (χ0v) is 14.2. The fourth-order valence-corrected chi connectivity index (χ4v) is 3.47. The summed E-state index contributed by atoms with van der Waals surface area (Å²) in [7, 11) is 0. The quantitative estimate of drug-likeness (QED) is 0.699. The van der Waals surface area contributed by atoms with Crippen LogP contribution in [0, 0.1) is 6.92 Å². The van der Waals surface area contributed by atoms with Crippen molar-refractivity contribution in [1.82, 2.24) is 9.97 Å². The topological polar surface area (TPSA) is 54.9 Å². The number of pyridine rings is 1. The van der Waals surface area contributed by atoms with E-state index in [9.17, 15) is 4.79 Å². The van der Waals surface area contributed by atoms with Gasteiger partial charge in [-0.15, -0.1) is 23.1 Å². The highest BCUT2D eigenvalue weighted by Gasteiger charge is 2.07. The molecule has 4 nitrogen and oxygen atoms in total. The normalized spacial score (nSPS) is 10.5. The van der Waals surface area contributed by atoms with Gasteiger partial charge in [-0.25, -0.2) is 9.97 Å². The Balaban J connectivity index is 1.59. The summed E-state index contributed by atoms with van der Waals surface area (Å²) in [6.45, 7) is 2.01. The van der Waals surface area contributed by atoms with Crippen LogP contribution in [0.5, 0.6) is 0 Å². The van der Waals surface area contributed by atoms with Crippen molar-refractivity contribution in [3.05, 3.63) is 70.3 Å². The number of carbonyl (C=O) groups excluding carboxylic acids is 1. The van der Waals surface area contributed by atoms with Gasteiger partial charge in [-0.2, -0.15) is 0 Å². The van der Waals surface area contributed by atoms with E-state index in [-0.39, 0.29) is 5.91 Å². The fraction of sp³-hybridized carbons (Fsp3) is 0.118. The zero-order valence-electron chi connectivity index (χ0n) is 12.5. The number of nitrogens with zero attached hydrogens (tertiary/aromatic N) is 2. The van der Waals surface area contributed by atoms with Crippen LogP contribution >= 0.6 is 23.1 Å². The number of benzene rings is 1. The largest absolute Gasteiger partial charge is 0.307 e. The molecule has 1 N–H and O–H groups in total. The number of thioether (sulfide) groups is 1. The van der Waals surface area contributed by atoms with Crippen LogP contribution in [-0.2, 0) is 5.75 Å². The van der Waals surface area contributed by atoms with Crippen molar-refractivity contribution in [2.75, 3.05) is 5.32 Å². The highest BCUT2D eigenvalue weighted by Crippen LogP contribution is 2.24. The second-order valence-corrected chi connectivity index (χ2v) is 6.95. The summed E-state index contributed by atoms with van der Waals surface area (Å²) in [6.07, 6.45) is 1.65. The van der Waals surface area contributed by atoms with E-state index >= 15 is 0 Å². The molecule has 0 aliphatic carbocycles. The summed E-state index contributed by atoms with van der Waals surface area (Å²) in [4.78, 5) is 21.8. The van der Waals surface area contributed by atoms with Crippen molar-refractivity contribution < 1.29 is 4.79 Å². The molecular formula is C17H15N3OS2. The molecule has 0 unspecified atom stereocenters. The van der Waals surface area contributed by atoms with E-state index in [1.54, 1.807) is 35.4 Å². The minimum absolute atomic E-state index is 0.157. The molecule has 0 atom stereocenters. The zero-order chi connectivity index (χ0) is 16.1. The average molecular weight is 341 g/mol. The first-order valence-corrected chi connectivity index (χ1v) is 8.93. The molecule has 23 heavy (non-hydrogen) atoms. The first-order chi connectivity index (χ1) is 11.2. The van der Waals surface area contributed by atoms with Crippen LogP contribution in [-0.4, -0.2) is 15.9 Å². The summed E-state index contributed by atoms with van der Waals surface area (Å²) in [5.41, 5.74) is 1.71. The van der Waals surface area contributed by atoms with E-state index < -0.39 is 0 Å². The smallest absolute Gasteiger partial charge is 0.256 e. The lowest BCUT2D eigenvalue weighted by molar-refractivity contribution is 0.102. The molecule has 0 bridgehead atoms. The maximum Gasteiger partial charge on any atom is 0.256 e. The van der Waals surface area contributed by atoms with E-state index in [0.29, 0.717) is 11.4 Å². The molecular weight excluding hydrogens is 326 g/mol. The van der Waals surface area contributed by atoms with Crippen LogP contribution in [0.15, 0.2) is 58.9 Å². The van der Waals surface area contributed by atoms with Crippen LogP contribution in [0.25, 0.3) is 0 Å². The number of thiazole rings is 1. The molecule has 0 spiro atoms. The third-order valence-corrected chi connectivity index (χ3v) is 4.94. The van der Waals surface area contributed by atoms with Gasteiger partial charge in [0.1, 0.15) is 5.82 Å². The van der Waals surface area contributed by atoms with Crippen LogP contribution in [0.3, 0.4) is 0 Å². The third kappa shape index (κ3) is 4.40. The number of hydrogen-bond donors (Lipinski definition) is 1. The molecule has 2 aromatic heterocycles. The van der Waals surface area contributed by atoms with Crippen LogP contribution < -0.4 is 5.32 Å². The summed E-state index contributed by atoms with van der Waals surface area (Å²) in [5.74, 6) is 1.23. The van der Waals surface area contributed by atoms with Crippen LogP contribution in [0.2, 0.25) is 0 Å². The number of aryl methyl sites for hydroxylation is 1. The molecule has 1 amide bonds. The summed E-state index contributed by atoms with van der Waals surface area (Å²) < 4.78 is 0. The number of rotatable bonds is 5. The van der Waals surface area contributed by atoms with Gasteiger partial charge in [0.2, 0.25) is 0 Å². The molecule has 0 radical (unpaired) electrons. The molecule has 2 heterocycles. The maximum atomic E-state index is 12.1. The monoisotopic (exact) mass is 341 g/mol. The lowest BCUT2D eigenvalue weighted by Crippen LogP contribution is -2.12. The molecule has 0 aliphatic rings. The Hall–Kier alpha value is -2.18. The van der Waals surface area contributed by atoms with Gasteiger partial charge in [0.15, 0.2) is 0 Å². The van der Waals surface area contributed by atoms with Crippen molar-refractivity contribution in [3.8, 4) is 0 Å². The van der Waals surface area contributed by atoms with Crippen molar-refractivity contribution in [1.29, 1.82) is 0 Å². The van der Waals surface area contributed by atoms with Crippen molar-refractivity contribution in [2.24, 2.45) is 0 Å². The highest BCUT2D eigenvalue weighted by atomic mass is 32.2. The number of amides is 1. The number of carbonyl (C=O) groups is 1. The summed E-state index contributed by atoms with van der Waals surface area (Å²) >= 11 is 3.37. The first-order valence-electron chi connectivity index (χ1n) is 7.07. The van der Waals surface area contributed by atoms with Crippen molar-refractivity contribution in [3.63, 3.8) is 0 Å². The van der Waals surface area contributed by atoms with E-state index in [1.807, 2.05) is 43.3 Å². The molecule has 0 saturated carbocycles. The van der Waals surface area contributed by atoms with Crippen molar-refractivity contribution in [2.45, 2.75) is 17.6 Å². The van der Waals surface area contributed by atoms with Gasteiger partial charge in [-0.3, -0.25) is 4.79 Å². The molecule has 1 aromatic carbocycles. The standard InChI is InChI=1S/C17H15N3OS2/c1-12-19-14(10-22-12)11-23-15-7-5-13(6-8-15)17(21)20-16-4-2-3-9-18-16/h2-10H,11H2,1H3,(H,18,20,21). The predicted octanol–water partition coefficient (Wildman–Crippen LogP) is 4.39. The van der Waals surface area contributed by atoms with Crippen LogP contribution in [0.4, 0.5) is 5.82 Å². The van der Waals surface area contributed by atoms with Crippen molar-refractivity contribution >= 4 is 34.8 Å². The number of hydrogen-bond acceptors (Lipinski definition) is 5. The van der Waals surface area contributed by atoms with Gasteiger partial charge in [0.05, 0.1) is 10.7 Å². The average Bonchev–Trinajstić information content (AvgIpc) is 3.00. The maximum absolute atomic E-state index is 12.1. The predicted molar refractivity (Wildman–Crippen MR) is 95.0 cm³/mol. The number of aromatic nitrogens is 2. The Labute approximate surface area is 143 Å². The van der Waals surface area contributed by atoms with Gasteiger partial charge in [-0.1, -0.05) is 6.07 Å². The molecule has 3 aromatic rings. The molecule has 0 saturated heterocycles. The van der Waals surface area contributed by atoms with E-state index in [4.69, 9.17) is 0 Å². The Kier molecular flexibility index (Phi) is 5.05. The van der Waals surface area contributed by atoms with Gasteiger partial charge in [0, 0.05) is 27.8 Å². The van der Waals surface area contributed by atoms with E-state index in [1.165, 1.54) is 0 Å². The Morgan fingerprint density at radius 2 is 2.04 bits per heavy atom. The molecule has 6 heteroatoms. The molecule has 0 fully saturated rings. The minimum Gasteiger partial charge on any atom is -0.307 e. The lowest BCUT2D eigenvalue weighted by atomic mass is 10.2. The molecule has 0 aliphatic heterocycles. The number of anilines is 1. The Bertz CT molecular complexity index is 785. The number of nitrogens with one attached hydrogen (secondary N) is 1. The lowest BCUT2D eigenvalue weighted by Gasteiger charge is -2.05. The first kappa shape index (κ1) is 15.7. The Morgan fingerprint density at radius 1 is 1.22 bits per heavy atom. The van der Waals surface area contributed by atoms with Crippen LogP contribution in [0.1, 0.15) is 21.1 Å². The van der Waals surface area contributed by atoms with Gasteiger partial charge >= 0.3 is 0 Å². The molecule has 116 valence electrons. The second-order valence-electron chi connectivity index (χ2n) is 4.84. The third-order valence-electron chi connectivity index (χ3n) is 3.08. The summed E-state index contributed by atoms with van der Waals surface area (Å²) in [6, 6.07) is 13.0. The highest BCUT2D eigenvalue weighted by molar-refractivity contribution is 7.98. The SMILES string of the molecule is Cc1nc(CSc2ccc(C(=O)Nc3ccccn3)cc2)cs1. The van der Waals surface area contributed by atoms with Gasteiger partial charge in [-0.05, 0) is 43.3 Å². The fourth-order valence-electron chi connectivity index (χ4n) is 1.96. The summed E-state index contributed by atoms with van der Waals surface area (Å²) in [5, 5.41) is 5.94. The van der Waals surface area contributed by atoms with E-state index in [0.717, 1.165) is 21.3 Å². The van der Waals surface area contributed by atoms with Gasteiger partial charge < -0.3 is 5.32 Å². The van der Waals surface area contributed by atoms with E-state index in [2.05, 4.69) is 20.7 Å². The Morgan fingerprint density at radius 3 is 2.70 bits per heavy atom.